The van der Waals surface area contributed by atoms with Crippen LogP contribution in [-0.2, 0) is 9.53 Å². The lowest BCUT2D eigenvalue weighted by Gasteiger charge is -2.28. The van der Waals surface area contributed by atoms with Crippen molar-refractivity contribution < 1.29 is 23.8 Å². The number of rotatable bonds is 6. The van der Waals surface area contributed by atoms with E-state index in [0.717, 1.165) is 6.07 Å². The van der Waals surface area contributed by atoms with Crippen molar-refractivity contribution in [2.75, 3.05) is 13.7 Å². The summed E-state index contributed by atoms with van der Waals surface area (Å²) in [5, 5.41) is 11.4. The Morgan fingerprint density at radius 1 is 1.47 bits per heavy atom. The van der Waals surface area contributed by atoms with Gasteiger partial charge in [-0.15, -0.1) is 0 Å². The maximum atomic E-state index is 13.0. The number of ether oxygens (including phenoxy) is 1. The SMILES string of the molecule is COCC(C)(CC(=O)O)NC(=O)c1cccc(F)c1. The number of benzene rings is 1. The van der Waals surface area contributed by atoms with Crippen LogP contribution in [0.3, 0.4) is 0 Å². The number of amides is 1. The fraction of sp³-hybridized carbons (Fsp3) is 0.385. The summed E-state index contributed by atoms with van der Waals surface area (Å²) in [5.74, 6) is -2.13. The predicted molar refractivity (Wildman–Crippen MR) is 66.4 cm³/mol. The molecule has 0 bridgehead atoms. The van der Waals surface area contributed by atoms with Crippen molar-refractivity contribution in [1.29, 1.82) is 0 Å². The first-order valence-electron chi connectivity index (χ1n) is 5.65. The van der Waals surface area contributed by atoms with E-state index in [1.165, 1.54) is 25.3 Å². The number of aliphatic carboxylic acids is 1. The maximum absolute atomic E-state index is 13.0. The highest BCUT2D eigenvalue weighted by Crippen LogP contribution is 2.12. The number of halogens is 1. The van der Waals surface area contributed by atoms with Crippen LogP contribution < -0.4 is 5.32 Å². The number of carbonyl (C=O) groups excluding carboxylic acids is 1. The molecule has 1 aromatic rings. The third kappa shape index (κ3) is 4.67. The molecular weight excluding hydrogens is 253 g/mol. The van der Waals surface area contributed by atoms with Crippen molar-refractivity contribution in [3.8, 4) is 0 Å². The number of methoxy groups -OCH3 is 1. The zero-order chi connectivity index (χ0) is 14.5. The second-order valence-electron chi connectivity index (χ2n) is 4.53. The molecule has 1 atom stereocenters. The van der Waals surface area contributed by atoms with Crippen LogP contribution in [-0.4, -0.2) is 36.2 Å². The fourth-order valence-electron chi connectivity index (χ4n) is 1.76. The van der Waals surface area contributed by atoms with Gasteiger partial charge in [-0.2, -0.15) is 0 Å². The van der Waals surface area contributed by atoms with Crippen LogP contribution >= 0.6 is 0 Å². The molecule has 0 heterocycles. The number of carboxylic acids is 1. The summed E-state index contributed by atoms with van der Waals surface area (Å²) >= 11 is 0. The van der Waals surface area contributed by atoms with E-state index in [0.29, 0.717) is 0 Å². The summed E-state index contributed by atoms with van der Waals surface area (Å²) in [7, 11) is 1.41. The molecule has 0 aliphatic heterocycles. The quantitative estimate of drug-likeness (QED) is 0.819. The number of hydrogen-bond donors (Lipinski definition) is 2. The molecule has 0 aliphatic rings. The second kappa shape index (κ2) is 6.29. The van der Waals surface area contributed by atoms with Crippen LogP contribution in [0.2, 0.25) is 0 Å². The van der Waals surface area contributed by atoms with Crippen molar-refractivity contribution in [3.05, 3.63) is 35.6 Å². The van der Waals surface area contributed by atoms with E-state index < -0.39 is 23.2 Å². The predicted octanol–water partition coefficient (Wildman–Crippen LogP) is 1.44. The Bertz CT molecular complexity index is 477. The zero-order valence-corrected chi connectivity index (χ0v) is 10.8. The van der Waals surface area contributed by atoms with Crippen LogP contribution in [0.25, 0.3) is 0 Å². The van der Waals surface area contributed by atoms with Gasteiger partial charge >= 0.3 is 5.97 Å². The lowest BCUT2D eigenvalue weighted by molar-refractivity contribution is -0.139. The van der Waals surface area contributed by atoms with Crippen molar-refractivity contribution in [2.24, 2.45) is 0 Å². The van der Waals surface area contributed by atoms with Gasteiger partial charge in [-0.25, -0.2) is 4.39 Å². The van der Waals surface area contributed by atoms with Crippen molar-refractivity contribution in [1.82, 2.24) is 5.32 Å². The third-order valence-corrected chi connectivity index (χ3v) is 2.51. The molecule has 0 aliphatic carbocycles. The van der Waals surface area contributed by atoms with E-state index in [9.17, 15) is 14.0 Å². The molecule has 0 saturated heterocycles. The highest BCUT2D eigenvalue weighted by Gasteiger charge is 2.30. The summed E-state index contributed by atoms with van der Waals surface area (Å²) < 4.78 is 17.9. The first kappa shape index (κ1) is 15.1. The molecule has 1 rings (SSSR count). The summed E-state index contributed by atoms with van der Waals surface area (Å²) in [4.78, 5) is 22.7. The van der Waals surface area contributed by atoms with E-state index in [1.54, 1.807) is 6.92 Å². The topological polar surface area (TPSA) is 75.6 Å². The monoisotopic (exact) mass is 269 g/mol. The molecule has 1 amide bonds. The molecule has 0 spiro atoms. The van der Waals surface area contributed by atoms with Crippen LogP contribution in [0.15, 0.2) is 24.3 Å². The summed E-state index contributed by atoms with van der Waals surface area (Å²) in [6, 6.07) is 5.17. The molecule has 5 nitrogen and oxygen atoms in total. The van der Waals surface area contributed by atoms with Gasteiger partial charge in [-0.1, -0.05) is 6.07 Å². The molecular formula is C13H16FNO4. The summed E-state index contributed by atoms with van der Waals surface area (Å²) in [6.07, 6.45) is -0.290. The summed E-state index contributed by atoms with van der Waals surface area (Å²) in [6.45, 7) is 1.60. The minimum atomic E-state index is -1.06. The van der Waals surface area contributed by atoms with Gasteiger partial charge in [0.1, 0.15) is 5.82 Å². The van der Waals surface area contributed by atoms with Gasteiger partial charge in [-0.05, 0) is 25.1 Å². The Balaban J connectivity index is 2.84. The van der Waals surface area contributed by atoms with Crippen LogP contribution in [0.5, 0.6) is 0 Å². The van der Waals surface area contributed by atoms with Crippen molar-refractivity contribution in [2.45, 2.75) is 18.9 Å². The van der Waals surface area contributed by atoms with Crippen LogP contribution in [0.4, 0.5) is 4.39 Å². The van der Waals surface area contributed by atoms with E-state index >= 15 is 0 Å². The van der Waals surface area contributed by atoms with Crippen LogP contribution in [0, 0.1) is 5.82 Å². The molecule has 2 N–H and O–H groups in total. The molecule has 0 radical (unpaired) electrons. The van der Waals surface area contributed by atoms with Gasteiger partial charge in [0.15, 0.2) is 0 Å². The first-order chi connectivity index (χ1) is 8.86. The third-order valence-electron chi connectivity index (χ3n) is 2.51. The Kier molecular flexibility index (Phi) is 5.00. The molecule has 0 aromatic heterocycles. The number of carboxylic acid groups (broad SMARTS) is 1. The van der Waals surface area contributed by atoms with E-state index in [4.69, 9.17) is 9.84 Å². The molecule has 19 heavy (non-hydrogen) atoms. The van der Waals surface area contributed by atoms with Gasteiger partial charge in [0.05, 0.1) is 18.6 Å². The smallest absolute Gasteiger partial charge is 0.305 e. The Morgan fingerprint density at radius 3 is 2.68 bits per heavy atom. The Morgan fingerprint density at radius 2 is 2.16 bits per heavy atom. The minimum absolute atomic E-state index is 0.0420. The Hall–Kier alpha value is -1.95. The standard InChI is InChI=1S/C13H16FNO4/c1-13(8-19-2,7-11(16)17)15-12(18)9-4-3-5-10(14)6-9/h3-6H,7-8H2,1-2H3,(H,15,18)(H,16,17). The highest BCUT2D eigenvalue weighted by atomic mass is 19.1. The average Bonchev–Trinajstić information content (AvgIpc) is 2.27. The minimum Gasteiger partial charge on any atom is -0.481 e. The number of hydrogen-bond acceptors (Lipinski definition) is 3. The maximum Gasteiger partial charge on any atom is 0.305 e. The lowest BCUT2D eigenvalue weighted by atomic mass is 9.98. The van der Waals surface area contributed by atoms with Gasteiger partial charge in [0.25, 0.3) is 5.91 Å². The molecule has 1 unspecified atom stereocenters. The second-order valence-corrected chi connectivity index (χ2v) is 4.53. The Labute approximate surface area is 110 Å². The molecule has 0 fully saturated rings. The average molecular weight is 269 g/mol. The van der Waals surface area contributed by atoms with Gasteiger partial charge < -0.3 is 15.2 Å². The van der Waals surface area contributed by atoms with E-state index in [1.807, 2.05) is 0 Å². The van der Waals surface area contributed by atoms with E-state index in [-0.39, 0.29) is 18.6 Å². The summed E-state index contributed by atoms with van der Waals surface area (Å²) in [5.41, 5.74) is -0.919. The molecule has 0 saturated carbocycles. The molecule has 1 aromatic carbocycles. The van der Waals surface area contributed by atoms with Crippen molar-refractivity contribution in [3.63, 3.8) is 0 Å². The lowest BCUT2D eigenvalue weighted by Crippen LogP contribution is -2.50. The van der Waals surface area contributed by atoms with Gasteiger partial charge in [-0.3, -0.25) is 9.59 Å². The first-order valence-corrected chi connectivity index (χ1v) is 5.65. The normalized spacial score (nSPS) is 13.6. The van der Waals surface area contributed by atoms with Gasteiger partial charge in [0, 0.05) is 12.7 Å². The highest BCUT2D eigenvalue weighted by molar-refractivity contribution is 5.95. The fourth-order valence-corrected chi connectivity index (χ4v) is 1.76. The van der Waals surface area contributed by atoms with E-state index in [2.05, 4.69) is 5.32 Å². The number of carbonyl (C=O) groups is 2. The number of nitrogens with one attached hydrogen (secondary N) is 1. The van der Waals surface area contributed by atoms with Crippen LogP contribution in [0.1, 0.15) is 23.7 Å². The largest absolute Gasteiger partial charge is 0.481 e. The molecule has 6 heteroatoms. The van der Waals surface area contributed by atoms with Crippen molar-refractivity contribution >= 4 is 11.9 Å². The zero-order valence-electron chi connectivity index (χ0n) is 10.8. The van der Waals surface area contributed by atoms with Gasteiger partial charge in [0.2, 0.25) is 0 Å². The molecule has 104 valence electrons.